The molecular formula is C35H56N2O10. The Labute approximate surface area is 278 Å². The Morgan fingerprint density at radius 2 is 1.77 bits per heavy atom. The maximum absolute atomic E-state index is 15.1. The number of carbonyl (C=O) groups is 5. The lowest BCUT2D eigenvalue weighted by molar-refractivity contribution is -0.201. The van der Waals surface area contributed by atoms with Crippen molar-refractivity contribution in [2.75, 3.05) is 13.7 Å². The maximum Gasteiger partial charge on any atom is 0.408 e. The molecule has 2 amide bonds. The summed E-state index contributed by atoms with van der Waals surface area (Å²) in [7, 11) is 1.35. The zero-order chi connectivity index (χ0) is 35.1. The van der Waals surface area contributed by atoms with Crippen molar-refractivity contribution >= 4 is 29.7 Å². The molecule has 0 heterocycles. The molecule has 4 aliphatic carbocycles. The van der Waals surface area contributed by atoms with Gasteiger partial charge in [-0.15, -0.1) is 0 Å². The van der Waals surface area contributed by atoms with Crippen molar-refractivity contribution in [3.63, 3.8) is 0 Å². The Hall–Kier alpha value is -2.73. The zero-order valence-corrected chi connectivity index (χ0v) is 29.3. The summed E-state index contributed by atoms with van der Waals surface area (Å²) >= 11 is 0. The number of hydrogen-bond donors (Lipinski definition) is 4. The minimum absolute atomic E-state index is 0.0103. The van der Waals surface area contributed by atoms with E-state index in [2.05, 4.69) is 17.6 Å². The molecule has 0 spiro atoms. The highest BCUT2D eigenvalue weighted by Crippen LogP contribution is 2.67. The monoisotopic (exact) mass is 664 g/mol. The standard InChI is InChI=1S/C35H56N2O10/c1-18(9-12-26(41)45-8)22-10-11-23-27-25(46-19(2)39)16-20-15-21(40)13-14-34(20,6)28(27)29(30(42)35(22,23)7)37-31(43)24(17-38)36-32(44)47-33(3,4)5/h18,20-25,27-29,38,40H,9-17H2,1-8H3,(H,36,44)(H,37,43)/t18-,20+,21-,22?,23?,24?,25-,27?,28?,29+,34+,35-/m1/s1. The number of fused-ring (bicyclic) bond motifs is 5. The minimum Gasteiger partial charge on any atom is -0.469 e. The van der Waals surface area contributed by atoms with Crippen molar-refractivity contribution in [3.05, 3.63) is 0 Å². The van der Waals surface area contributed by atoms with Gasteiger partial charge in [0.1, 0.15) is 17.7 Å². The molecule has 5 unspecified atom stereocenters. The van der Waals surface area contributed by atoms with E-state index < -0.39 is 71.2 Å². The number of nitrogens with one attached hydrogen (secondary N) is 2. The van der Waals surface area contributed by atoms with E-state index in [1.807, 2.05) is 13.8 Å². The molecule has 47 heavy (non-hydrogen) atoms. The normalized spacial score (nSPS) is 37.7. The summed E-state index contributed by atoms with van der Waals surface area (Å²) in [5, 5.41) is 26.3. The van der Waals surface area contributed by atoms with Crippen LogP contribution in [0.2, 0.25) is 0 Å². The smallest absolute Gasteiger partial charge is 0.408 e. The molecule has 0 saturated heterocycles. The fraction of sp³-hybridized carbons (Fsp3) is 0.857. The van der Waals surface area contributed by atoms with E-state index in [0.29, 0.717) is 32.1 Å². The second-order valence-corrected chi connectivity index (χ2v) is 16.0. The first kappa shape index (κ1) is 37.1. The van der Waals surface area contributed by atoms with Gasteiger partial charge in [-0.2, -0.15) is 0 Å². The minimum atomic E-state index is -1.37. The van der Waals surface area contributed by atoms with Gasteiger partial charge in [0.25, 0.3) is 0 Å². The van der Waals surface area contributed by atoms with Gasteiger partial charge >= 0.3 is 18.0 Å². The van der Waals surface area contributed by atoms with Crippen molar-refractivity contribution in [3.8, 4) is 0 Å². The predicted octanol–water partition coefficient (Wildman–Crippen LogP) is 3.30. The molecule has 0 aromatic rings. The summed E-state index contributed by atoms with van der Waals surface area (Å²) in [5.41, 5.74) is -2.20. The Morgan fingerprint density at radius 1 is 1.09 bits per heavy atom. The van der Waals surface area contributed by atoms with Crippen molar-refractivity contribution in [1.29, 1.82) is 0 Å². The van der Waals surface area contributed by atoms with E-state index in [9.17, 15) is 29.4 Å². The molecule has 4 saturated carbocycles. The number of ketones is 1. The number of aliphatic hydroxyl groups is 2. The van der Waals surface area contributed by atoms with Crippen LogP contribution in [0, 0.1) is 46.3 Å². The summed E-state index contributed by atoms with van der Waals surface area (Å²) in [6.07, 6.45) is 2.58. The van der Waals surface area contributed by atoms with Crippen molar-refractivity contribution in [2.24, 2.45) is 46.3 Å². The first-order valence-electron chi connectivity index (χ1n) is 17.2. The number of methoxy groups -OCH3 is 1. The SMILES string of the molecule is COC(=O)CC[C@@H](C)C1CCC2C3C([C@H](NC(=O)C(CO)NC(=O)OC(C)(C)C)C(=O)[C@@]21C)[C@@]1(C)CC[C@@H](O)C[C@H]1C[C@H]3OC(C)=O. The lowest BCUT2D eigenvalue weighted by Crippen LogP contribution is -2.71. The third-order valence-electron chi connectivity index (χ3n) is 12.1. The van der Waals surface area contributed by atoms with E-state index in [-0.39, 0.29) is 47.8 Å². The Bertz CT molecular complexity index is 1220. The van der Waals surface area contributed by atoms with Gasteiger partial charge in [-0.25, -0.2) is 4.79 Å². The third kappa shape index (κ3) is 7.33. The number of esters is 2. The highest BCUT2D eigenvalue weighted by atomic mass is 16.6. The summed E-state index contributed by atoms with van der Waals surface area (Å²) in [5.74, 6) is -2.55. The number of rotatable bonds is 9. The van der Waals surface area contributed by atoms with E-state index in [1.165, 1.54) is 14.0 Å². The first-order valence-corrected chi connectivity index (χ1v) is 17.2. The third-order valence-corrected chi connectivity index (χ3v) is 12.1. The van der Waals surface area contributed by atoms with Gasteiger partial charge < -0.3 is 35.1 Å². The highest BCUT2D eigenvalue weighted by Gasteiger charge is 2.70. The van der Waals surface area contributed by atoms with Gasteiger partial charge in [-0.1, -0.05) is 20.8 Å². The van der Waals surface area contributed by atoms with Gasteiger partial charge in [-0.05, 0) is 101 Å². The van der Waals surface area contributed by atoms with Crippen molar-refractivity contribution in [2.45, 2.75) is 130 Å². The average Bonchev–Trinajstić information content (AvgIpc) is 3.33. The highest BCUT2D eigenvalue weighted by molar-refractivity contribution is 5.96. The van der Waals surface area contributed by atoms with Gasteiger partial charge in [0.15, 0.2) is 5.78 Å². The van der Waals surface area contributed by atoms with Crippen LogP contribution in [-0.4, -0.2) is 83.5 Å². The Kier molecular flexibility index (Phi) is 11.1. The molecule has 4 fully saturated rings. The maximum atomic E-state index is 15.1. The molecule has 4 rings (SSSR count). The second-order valence-electron chi connectivity index (χ2n) is 16.0. The van der Waals surface area contributed by atoms with E-state index in [0.717, 1.165) is 12.8 Å². The number of amides is 2. The first-order chi connectivity index (χ1) is 21.9. The van der Waals surface area contributed by atoms with Crippen LogP contribution >= 0.6 is 0 Å². The largest absolute Gasteiger partial charge is 0.469 e. The quantitative estimate of drug-likeness (QED) is 0.211. The van der Waals surface area contributed by atoms with Crippen LogP contribution in [0.1, 0.15) is 99.8 Å². The van der Waals surface area contributed by atoms with Crippen LogP contribution in [0.15, 0.2) is 0 Å². The van der Waals surface area contributed by atoms with E-state index >= 15 is 4.79 Å². The fourth-order valence-corrected chi connectivity index (χ4v) is 10.0. The van der Waals surface area contributed by atoms with Crippen molar-refractivity contribution in [1.82, 2.24) is 10.6 Å². The van der Waals surface area contributed by atoms with E-state index in [4.69, 9.17) is 14.2 Å². The van der Waals surface area contributed by atoms with Crippen LogP contribution < -0.4 is 10.6 Å². The predicted molar refractivity (Wildman–Crippen MR) is 171 cm³/mol. The molecule has 0 radical (unpaired) electrons. The molecule has 4 N–H and O–H groups in total. The molecule has 0 aromatic carbocycles. The van der Waals surface area contributed by atoms with Crippen LogP contribution in [0.3, 0.4) is 0 Å². The number of carbonyl (C=O) groups excluding carboxylic acids is 5. The number of Topliss-reactive ketones (excluding diaryl/α,β-unsaturated/α-hetero) is 1. The molecular weight excluding hydrogens is 608 g/mol. The summed E-state index contributed by atoms with van der Waals surface area (Å²) in [6, 6.07) is -2.37. The topological polar surface area (TPSA) is 178 Å². The summed E-state index contributed by atoms with van der Waals surface area (Å²) < 4.78 is 16.3. The van der Waals surface area contributed by atoms with E-state index in [1.54, 1.807) is 20.8 Å². The molecule has 12 heteroatoms. The molecule has 12 atom stereocenters. The van der Waals surface area contributed by atoms with Gasteiger partial charge in [0, 0.05) is 24.7 Å². The molecule has 0 aromatic heterocycles. The summed E-state index contributed by atoms with van der Waals surface area (Å²) in [6.45, 7) is 11.9. The summed E-state index contributed by atoms with van der Waals surface area (Å²) in [4.78, 5) is 66.2. The van der Waals surface area contributed by atoms with Crippen LogP contribution in [0.4, 0.5) is 4.79 Å². The lowest BCUT2D eigenvalue weighted by atomic mass is 9.42. The molecule has 0 bridgehead atoms. The van der Waals surface area contributed by atoms with Crippen LogP contribution in [-0.2, 0) is 33.4 Å². The Balaban J connectivity index is 1.77. The lowest BCUT2D eigenvalue weighted by Gasteiger charge is -2.64. The number of alkyl carbamates (subject to hydrolysis) is 1. The van der Waals surface area contributed by atoms with Gasteiger partial charge in [-0.3, -0.25) is 19.2 Å². The zero-order valence-electron chi connectivity index (χ0n) is 29.3. The number of aliphatic hydroxyl groups excluding tert-OH is 2. The molecule has 0 aliphatic heterocycles. The molecule has 266 valence electrons. The Morgan fingerprint density at radius 3 is 2.36 bits per heavy atom. The van der Waals surface area contributed by atoms with Gasteiger partial charge in [0.2, 0.25) is 5.91 Å². The van der Waals surface area contributed by atoms with Crippen LogP contribution in [0.5, 0.6) is 0 Å². The molecule has 4 aliphatic rings. The number of ether oxygens (including phenoxy) is 3. The second kappa shape index (κ2) is 14.0. The van der Waals surface area contributed by atoms with Crippen LogP contribution in [0.25, 0.3) is 0 Å². The van der Waals surface area contributed by atoms with Gasteiger partial charge in [0.05, 0.1) is 25.9 Å². The number of hydrogen-bond acceptors (Lipinski definition) is 10. The van der Waals surface area contributed by atoms with Crippen molar-refractivity contribution < 1.29 is 48.4 Å². The molecule has 12 nitrogen and oxygen atoms in total. The average molecular weight is 665 g/mol. The fourth-order valence-electron chi connectivity index (χ4n) is 10.0.